The summed E-state index contributed by atoms with van der Waals surface area (Å²) in [6.45, 7) is 7.51. The SMILES string of the molecule is COc1ccc(N2CCN(C(=O)c3csc(CN(CCc4c[nH]c5ccccc45)Cc4ccc(C)cc4)n3)CC2)cc1. The third-order valence-corrected chi connectivity index (χ3v) is 8.87. The number of benzene rings is 3. The number of hydrogen-bond donors (Lipinski definition) is 1. The number of amides is 1. The fraction of sp³-hybridized carbons (Fsp3) is 0.294. The lowest BCUT2D eigenvalue weighted by molar-refractivity contribution is 0.0741. The van der Waals surface area contributed by atoms with Crippen molar-refractivity contribution in [1.82, 2.24) is 19.8 Å². The standard InChI is InChI=1S/C34H37N5O2S/c1-25-7-9-26(10-8-25)22-37(16-15-27-21-35-31-6-4-3-5-30(27)31)23-33-36-32(24-42-33)34(40)39-19-17-38(18-20-39)28-11-13-29(41-2)14-12-28/h3-14,21,24,35H,15-20,22-23H2,1-2H3. The number of piperazine rings is 1. The Kier molecular flexibility index (Phi) is 8.53. The van der Waals surface area contributed by atoms with E-state index in [1.807, 2.05) is 22.4 Å². The van der Waals surface area contributed by atoms with E-state index in [1.165, 1.54) is 27.6 Å². The predicted molar refractivity (Wildman–Crippen MR) is 171 cm³/mol. The quantitative estimate of drug-likeness (QED) is 0.215. The molecule has 0 spiro atoms. The van der Waals surface area contributed by atoms with Crippen LogP contribution < -0.4 is 9.64 Å². The van der Waals surface area contributed by atoms with Gasteiger partial charge in [0.2, 0.25) is 0 Å². The van der Waals surface area contributed by atoms with Gasteiger partial charge in [0.25, 0.3) is 5.91 Å². The van der Waals surface area contributed by atoms with Crippen LogP contribution in [0.15, 0.2) is 84.4 Å². The zero-order valence-corrected chi connectivity index (χ0v) is 25.1. The first-order chi connectivity index (χ1) is 20.6. The molecule has 0 aliphatic carbocycles. The first-order valence-corrected chi connectivity index (χ1v) is 15.4. The highest BCUT2D eigenvalue weighted by Crippen LogP contribution is 2.23. The normalized spacial score (nSPS) is 13.7. The Labute approximate surface area is 251 Å². The minimum Gasteiger partial charge on any atom is -0.497 e. The van der Waals surface area contributed by atoms with E-state index in [0.717, 1.165) is 49.0 Å². The molecule has 6 rings (SSSR count). The molecule has 7 nitrogen and oxygen atoms in total. The van der Waals surface area contributed by atoms with Gasteiger partial charge in [-0.25, -0.2) is 4.98 Å². The maximum atomic E-state index is 13.4. The summed E-state index contributed by atoms with van der Waals surface area (Å²) in [4.78, 5) is 28.3. The molecule has 216 valence electrons. The number of hydrogen-bond acceptors (Lipinski definition) is 6. The number of ether oxygens (including phenoxy) is 1. The highest BCUT2D eigenvalue weighted by molar-refractivity contribution is 7.09. The lowest BCUT2D eigenvalue weighted by atomic mass is 10.1. The Balaban J connectivity index is 1.10. The monoisotopic (exact) mass is 579 g/mol. The van der Waals surface area contributed by atoms with Crippen LogP contribution in [-0.2, 0) is 19.5 Å². The number of aromatic amines is 1. The van der Waals surface area contributed by atoms with Crippen LogP contribution in [-0.4, -0.2) is 65.5 Å². The summed E-state index contributed by atoms with van der Waals surface area (Å²) in [5, 5.41) is 4.18. The summed E-state index contributed by atoms with van der Waals surface area (Å²) >= 11 is 1.58. The summed E-state index contributed by atoms with van der Waals surface area (Å²) in [7, 11) is 1.68. The van der Waals surface area contributed by atoms with Crippen LogP contribution in [0.5, 0.6) is 5.75 Å². The summed E-state index contributed by atoms with van der Waals surface area (Å²) in [5.74, 6) is 0.873. The van der Waals surface area contributed by atoms with Crippen molar-refractivity contribution in [2.45, 2.75) is 26.4 Å². The number of aryl methyl sites for hydroxylation is 1. The number of rotatable bonds is 10. The molecule has 0 unspecified atom stereocenters. The summed E-state index contributed by atoms with van der Waals surface area (Å²) < 4.78 is 5.28. The van der Waals surface area contributed by atoms with E-state index in [2.05, 4.69) is 88.6 Å². The maximum Gasteiger partial charge on any atom is 0.273 e. The molecule has 1 amide bonds. The van der Waals surface area contributed by atoms with Gasteiger partial charge in [-0.1, -0.05) is 48.0 Å². The van der Waals surface area contributed by atoms with Crippen molar-refractivity contribution in [3.05, 3.63) is 112 Å². The maximum absolute atomic E-state index is 13.4. The van der Waals surface area contributed by atoms with E-state index < -0.39 is 0 Å². The fourth-order valence-corrected chi connectivity index (χ4v) is 6.39. The van der Waals surface area contributed by atoms with Crippen molar-refractivity contribution >= 4 is 33.8 Å². The van der Waals surface area contributed by atoms with E-state index >= 15 is 0 Å². The van der Waals surface area contributed by atoms with Crippen molar-refractivity contribution in [2.24, 2.45) is 0 Å². The number of anilines is 1. The number of aromatic nitrogens is 2. The number of H-pyrrole nitrogens is 1. The third-order valence-electron chi connectivity index (χ3n) is 8.03. The summed E-state index contributed by atoms with van der Waals surface area (Å²) in [5.41, 5.74) is 6.74. The van der Waals surface area contributed by atoms with E-state index in [0.29, 0.717) is 25.3 Å². The van der Waals surface area contributed by atoms with Crippen LogP contribution in [0, 0.1) is 6.92 Å². The second kappa shape index (κ2) is 12.8. The molecule has 3 aromatic carbocycles. The molecule has 1 aliphatic rings. The molecule has 5 aromatic rings. The van der Waals surface area contributed by atoms with Gasteiger partial charge in [0, 0.05) is 67.4 Å². The second-order valence-electron chi connectivity index (χ2n) is 10.9. The lowest BCUT2D eigenvalue weighted by Crippen LogP contribution is -2.48. The van der Waals surface area contributed by atoms with Gasteiger partial charge in [-0.15, -0.1) is 11.3 Å². The average Bonchev–Trinajstić information content (AvgIpc) is 3.68. The fourth-order valence-electron chi connectivity index (χ4n) is 5.58. The van der Waals surface area contributed by atoms with E-state index in [1.54, 1.807) is 18.4 Å². The lowest BCUT2D eigenvalue weighted by Gasteiger charge is -2.35. The van der Waals surface area contributed by atoms with E-state index in [9.17, 15) is 4.79 Å². The number of para-hydroxylation sites is 1. The number of nitrogens with one attached hydrogen (secondary N) is 1. The van der Waals surface area contributed by atoms with Crippen molar-refractivity contribution < 1.29 is 9.53 Å². The van der Waals surface area contributed by atoms with Crippen LogP contribution in [0.1, 0.15) is 32.2 Å². The second-order valence-corrected chi connectivity index (χ2v) is 11.9. The average molecular weight is 580 g/mol. The molecule has 2 aromatic heterocycles. The van der Waals surface area contributed by atoms with Crippen LogP contribution in [0.2, 0.25) is 0 Å². The Hall–Kier alpha value is -4.14. The first-order valence-electron chi connectivity index (χ1n) is 14.5. The molecule has 8 heteroatoms. The van der Waals surface area contributed by atoms with Crippen LogP contribution in [0.3, 0.4) is 0 Å². The van der Waals surface area contributed by atoms with Gasteiger partial charge in [-0.05, 0) is 54.8 Å². The first kappa shape index (κ1) is 28.0. The van der Waals surface area contributed by atoms with Crippen molar-refractivity contribution in [2.75, 3.05) is 44.7 Å². The Morgan fingerprint density at radius 2 is 1.74 bits per heavy atom. The zero-order valence-electron chi connectivity index (χ0n) is 24.3. The minimum atomic E-state index is 0.0239. The van der Waals surface area contributed by atoms with Gasteiger partial charge in [0.05, 0.1) is 13.7 Å². The Morgan fingerprint density at radius 3 is 2.50 bits per heavy atom. The van der Waals surface area contributed by atoms with Gasteiger partial charge < -0.3 is 19.5 Å². The minimum absolute atomic E-state index is 0.0239. The topological polar surface area (TPSA) is 64.7 Å². The molecule has 1 N–H and O–H groups in total. The van der Waals surface area contributed by atoms with E-state index in [4.69, 9.17) is 9.72 Å². The van der Waals surface area contributed by atoms with Crippen molar-refractivity contribution in [3.63, 3.8) is 0 Å². The molecule has 1 aliphatic heterocycles. The van der Waals surface area contributed by atoms with Crippen LogP contribution >= 0.6 is 11.3 Å². The number of fused-ring (bicyclic) bond motifs is 1. The van der Waals surface area contributed by atoms with Crippen molar-refractivity contribution in [1.29, 1.82) is 0 Å². The molecule has 42 heavy (non-hydrogen) atoms. The molecule has 3 heterocycles. The van der Waals surface area contributed by atoms with Crippen molar-refractivity contribution in [3.8, 4) is 5.75 Å². The van der Waals surface area contributed by atoms with Crippen LogP contribution in [0.25, 0.3) is 10.9 Å². The number of carbonyl (C=O) groups excluding carboxylic acids is 1. The molecular weight excluding hydrogens is 542 g/mol. The molecule has 1 saturated heterocycles. The third kappa shape index (κ3) is 6.50. The van der Waals surface area contributed by atoms with Gasteiger partial charge in [-0.3, -0.25) is 9.69 Å². The molecule has 0 atom stereocenters. The predicted octanol–water partition coefficient (Wildman–Crippen LogP) is 6.15. The van der Waals surface area contributed by atoms with Gasteiger partial charge in [-0.2, -0.15) is 0 Å². The smallest absolute Gasteiger partial charge is 0.273 e. The van der Waals surface area contributed by atoms with Gasteiger partial charge in [0.15, 0.2) is 0 Å². The highest BCUT2D eigenvalue weighted by atomic mass is 32.1. The molecular formula is C34H37N5O2S. The van der Waals surface area contributed by atoms with Gasteiger partial charge >= 0.3 is 0 Å². The number of methoxy groups -OCH3 is 1. The Bertz CT molecular complexity index is 1620. The molecule has 0 radical (unpaired) electrons. The van der Waals surface area contributed by atoms with Gasteiger partial charge in [0.1, 0.15) is 16.5 Å². The Morgan fingerprint density at radius 1 is 0.976 bits per heavy atom. The molecule has 1 fully saturated rings. The zero-order chi connectivity index (χ0) is 28.9. The molecule has 0 saturated carbocycles. The largest absolute Gasteiger partial charge is 0.497 e. The van der Waals surface area contributed by atoms with E-state index in [-0.39, 0.29) is 5.91 Å². The molecule has 0 bridgehead atoms. The number of carbonyl (C=O) groups is 1. The highest BCUT2D eigenvalue weighted by Gasteiger charge is 2.24. The number of nitrogens with zero attached hydrogens (tertiary/aromatic N) is 4. The number of thiazole rings is 1. The summed E-state index contributed by atoms with van der Waals surface area (Å²) in [6, 6.07) is 25.3. The summed E-state index contributed by atoms with van der Waals surface area (Å²) in [6.07, 6.45) is 3.06. The van der Waals surface area contributed by atoms with Crippen LogP contribution in [0.4, 0.5) is 5.69 Å².